The molecule has 0 heterocycles. The lowest BCUT2D eigenvalue weighted by Gasteiger charge is -2.13. The summed E-state index contributed by atoms with van der Waals surface area (Å²) in [6.07, 6.45) is -4.42. The Morgan fingerprint density at radius 2 is 1.96 bits per heavy atom. The summed E-state index contributed by atoms with van der Waals surface area (Å²) in [5, 5.41) is 2.70. The molecule has 0 unspecified atom stereocenters. The summed E-state index contributed by atoms with van der Waals surface area (Å²) in [4.78, 5) is 11.6. The third kappa shape index (κ3) is 5.98. The number of hydrogen-bond acceptors (Lipinski definition) is 6. The largest absolute Gasteiger partial charge is 0.465 e. The molecule has 24 heavy (non-hydrogen) atoms. The fraction of sp³-hybridized carbons (Fsp3) is 0.462. The second-order valence-corrected chi connectivity index (χ2v) is 6.39. The molecule has 0 aliphatic heterocycles. The summed E-state index contributed by atoms with van der Waals surface area (Å²) >= 11 is 0. The Bertz CT molecular complexity index is 677. The van der Waals surface area contributed by atoms with E-state index in [-0.39, 0.29) is 29.3 Å². The number of carbonyl (C=O) groups excluding carboxylic acids is 1. The van der Waals surface area contributed by atoms with Gasteiger partial charge in [-0.15, -0.1) is 0 Å². The smallest absolute Gasteiger partial charge is 0.411 e. The number of sulfonamides is 1. The van der Waals surface area contributed by atoms with Crippen LogP contribution in [0.3, 0.4) is 0 Å². The summed E-state index contributed by atoms with van der Waals surface area (Å²) in [6, 6.07) is 3.67. The van der Waals surface area contributed by atoms with Crippen molar-refractivity contribution in [3.8, 4) is 0 Å². The predicted molar refractivity (Wildman–Crippen MR) is 79.4 cm³/mol. The van der Waals surface area contributed by atoms with Gasteiger partial charge in [0, 0.05) is 12.2 Å². The highest BCUT2D eigenvalue weighted by Gasteiger charge is 2.27. The molecule has 1 rings (SSSR count). The molecule has 0 saturated heterocycles. The average Bonchev–Trinajstić information content (AvgIpc) is 2.52. The molecule has 0 aromatic heterocycles. The molecule has 0 saturated carbocycles. The van der Waals surface area contributed by atoms with Gasteiger partial charge in [-0.3, -0.25) is 0 Å². The Hall–Kier alpha value is -1.85. The van der Waals surface area contributed by atoms with Crippen molar-refractivity contribution in [3.05, 3.63) is 23.8 Å². The summed E-state index contributed by atoms with van der Waals surface area (Å²) in [5.74, 6) is -0.790. The van der Waals surface area contributed by atoms with Gasteiger partial charge in [-0.05, 0) is 25.2 Å². The number of rotatable bonds is 8. The number of methoxy groups -OCH3 is 1. The van der Waals surface area contributed by atoms with Crippen LogP contribution < -0.4 is 10.0 Å². The Morgan fingerprint density at radius 3 is 2.50 bits per heavy atom. The first-order valence-electron chi connectivity index (χ1n) is 6.65. The van der Waals surface area contributed by atoms with Gasteiger partial charge in [0.15, 0.2) is 0 Å². The molecule has 0 aliphatic rings. The van der Waals surface area contributed by atoms with Crippen molar-refractivity contribution in [2.24, 2.45) is 0 Å². The molecule has 1 aromatic rings. The van der Waals surface area contributed by atoms with Gasteiger partial charge in [0.2, 0.25) is 10.0 Å². The number of carbonyl (C=O) groups is 1. The summed E-state index contributed by atoms with van der Waals surface area (Å²) in [5.41, 5.74) is 0.150. The molecule has 2 N–H and O–H groups in total. The van der Waals surface area contributed by atoms with Crippen LogP contribution in [0.5, 0.6) is 0 Å². The standard InChI is InChI=1S/C13H17F3N2O5S/c1-17-24(20,21)9-3-4-11(10(7-9)12(19)22-2)18-5-6-23-8-13(14,15)16/h3-4,7,17-18H,5-6,8H2,1-2H3. The molecule has 0 bridgehead atoms. The fourth-order valence-corrected chi connectivity index (χ4v) is 2.44. The minimum Gasteiger partial charge on any atom is -0.465 e. The first-order chi connectivity index (χ1) is 11.1. The lowest BCUT2D eigenvalue weighted by molar-refractivity contribution is -0.172. The molecule has 0 radical (unpaired) electrons. The maximum absolute atomic E-state index is 11.9. The second-order valence-electron chi connectivity index (χ2n) is 4.50. The number of halogens is 3. The average molecular weight is 370 g/mol. The quantitative estimate of drug-likeness (QED) is 0.530. The van der Waals surface area contributed by atoms with E-state index >= 15 is 0 Å². The SMILES string of the molecule is CNS(=O)(=O)c1ccc(NCCOCC(F)(F)F)c(C(=O)OC)c1. The number of hydrogen-bond donors (Lipinski definition) is 2. The molecular formula is C13H17F3N2O5S. The van der Waals surface area contributed by atoms with Gasteiger partial charge in [-0.25, -0.2) is 17.9 Å². The maximum atomic E-state index is 11.9. The molecule has 7 nitrogen and oxygen atoms in total. The predicted octanol–water partition coefficient (Wildman–Crippen LogP) is 1.37. The van der Waals surface area contributed by atoms with E-state index in [4.69, 9.17) is 0 Å². The third-order valence-electron chi connectivity index (χ3n) is 2.80. The zero-order valence-corrected chi connectivity index (χ0v) is 13.8. The van der Waals surface area contributed by atoms with Crippen LogP contribution in [-0.4, -0.2) is 54.5 Å². The van der Waals surface area contributed by atoms with Crippen molar-refractivity contribution >= 4 is 21.7 Å². The van der Waals surface area contributed by atoms with Crippen LogP contribution >= 0.6 is 0 Å². The first-order valence-corrected chi connectivity index (χ1v) is 8.13. The van der Waals surface area contributed by atoms with Crippen LogP contribution in [0, 0.1) is 0 Å². The zero-order valence-electron chi connectivity index (χ0n) is 12.9. The van der Waals surface area contributed by atoms with Gasteiger partial charge in [-0.2, -0.15) is 13.2 Å². The molecule has 0 aliphatic carbocycles. The minimum atomic E-state index is -4.42. The van der Waals surface area contributed by atoms with E-state index in [0.29, 0.717) is 0 Å². The summed E-state index contributed by atoms with van der Waals surface area (Å²) in [7, 11) is -1.42. The zero-order chi connectivity index (χ0) is 18.4. The fourth-order valence-electron chi connectivity index (χ4n) is 1.69. The van der Waals surface area contributed by atoms with Gasteiger partial charge < -0.3 is 14.8 Å². The highest BCUT2D eigenvalue weighted by Crippen LogP contribution is 2.21. The molecule has 0 fully saturated rings. The Labute approximate surface area is 137 Å². The van der Waals surface area contributed by atoms with Gasteiger partial charge in [-0.1, -0.05) is 0 Å². The van der Waals surface area contributed by atoms with E-state index in [1.165, 1.54) is 19.2 Å². The number of alkyl halides is 3. The van der Waals surface area contributed by atoms with Crippen LogP contribution in [0.1, 0.15) is 10.4 Å². The van der Waals surface area contributed by atoms with Crippen molar-refractivity contribution in [2.45, 2.75) is 11.1 Å². The number of esters is 1. The van der Waals surface area contributed by atoms with Crippen molar-refractivity contribution in [1.82, 2.24) is 4.72 Å². The number of ether oxygens (including phenoxy) is 2. The molecule has 1 aromatic carbocycles. The molecular weight excluding hydrogens is 353 g/mol. The van der Waals surface area contributed by atoms with Gasteiger partial charge in [0.05, 0.1) is 24.2 Å². The summed E-state index contributed by atoms with van der Waals surface area (Å²) < 4.78 is 70.5. The molecule has 0 amide bonds. The lowest BCUT2D eigenvalue weighted by atomic mass is 10.2. The van der Waals surface area contributed by atoms with E-state index in [2.05, 4.69) is 19.5 Å². The van der Waals surface area contributed by atoms with Crippen molar-refractivity contribution < 1.29 is 35.9 Å². The van der Waals surface area contributed by atoms with Crippen LogP contribution in [0.25, 0.3) is 0 Å². The van der Waals surface area contributed by atoms with E-state index in [0.717, 1.165) is 13.2 Å². The Morgan fingerprint density at radius 1 is 1.29 bits per heavy atom. The van der Waals surface area contributed by atoms with E-state index in [9.17, 15) is 26.4 Å². The first kappa shape index (κ1) is 20.2. The van der Waals surface area contributed by atoms with Crippen molar-refractivity contribution in [2.75, 3.05) is 39.2 Å². The number of nitrogens with one attached hydrogen (secondary N) is 2. The second kappa shape index (κ2) is 8.31. The molecule has 0 spiro atoms. The van der Waals surface area contributed by atoms with Crippen molar-refractivity contribution in [3.63, 3.8) is 0 Å². The normalized spacial score (nSPS) is 12.0. The van der Waals surface area contributed by atoms with E-state index in [1.54, 1.807) is 0 Å². The van der Waals surface area contributed by atoms with Gasteiger partial charge >= 0.3 is 12.1 Å². The van der Waals surface area contributed by atoms with Crippen molar-refractivity contribution in [1.29, 1.82) is 0 Å². The molecule has 136 valence electrons. The van der Waals surface area contributed by atoms with E-state index < -0.39 is 28.8 Å². The number of anilines is 1. The number of benzene rings is 1. The van der Waals surface area contributed by atoms with Crippen LogP contribution in [0.4, 0.5) is 18.9 Å². The maximum Gasteiger partial charge on any atom is 0.411 e. The monoisotopic (exact) mass is 370 g/mol. The molecule has 0 atom stereocenters. The van der Waals surface area contributed by atoms with Crippen LogP contribution in [-0.2, 0) is 19.5 Å². The Balaban J connectivity index is 2.85. The van der Waals surface area contributed by atoms with Crippen LogP contribution in [0.15, 0.2) is 23.1 Å². The van der Waals surface area contributed by atoms with Gasteiger partial charge in [0.1, 0.15) is 6.61 Å². The van der Waals surface area contributed by atoms with Gasteiger partial charge in [0.25, 0.3) is 0 Å². The van der Waals surface area contributed by atoms with Crippen LogP contribution in [0.2, 0.25) is 0 Å². The summed E-state index contributed by atoms with van der Waals surface area (Å²) in [6.45, 7) is -1.65. The molecule has 11 heteroatoms. The van der Waals surface area contributed by atoms with E-state index in [1.807, 2.05) is 0 Å². The Kier molecular flexibility index (Phi) is 6.99. The highest BCUT2D eigenvalue weighted by atomic mass is 32.2. The minimum absolute atomic E-state index is 0.0157. The topological polar surface area (TPSA) is 93.7 Å². The third-order valence-corrected chi connectivity index (χ3v) is 4.21. The highest BCUT2D eigenvalue weighted by molar-refractivity contribution is 7.89. The lowest BCUT2D eigenvalue weighted by Crippen LogP contribution is -2.21.